The quantitative estimate of drug-likeness (QED) is 0.887. The summed E-state index contributed by atoms with van der Waals surface area (Å²) in [4.78, 5) is 21.3. The molecule has 1 aromatic rings. The van der Waals surface area contributed by atoms with E-state index in [4.69, 9.17) is 5.11 Å². The highest BCUT2D eigenvalue weighted by Gasteiger charge is 2.23. The van der Waals surface area contributed by atoms with Crippen molar-refractivity contribution < 1.29 is 9.90 Å². The average Bonchev–Trinajstić information content (AvgIpc) is 2.40. The molecule has 1 atom stereocenters. The fraction of sp³-hybridized carbons (Fsp3) is 0.615. The van der Waals surface area contributed by atoms with Crippen molar-refractivity contribution in [2.45, 2.75) is 45.1 Å². The van der Waals surface area contributed by atoms with Gasteiger partial charge in [-0.1, -0.05) is 13.3 Å². The Bertz CT molecular complexity index is 420. The Balaban J connectivity index is 2.22. The van der Waals surface area contributed by atoms with E-state index in [0.717, 1.165) is 32.2 Å². The molecule has 0 aliphatic carbocycles. The number of hydrogen-bond donors (Lipinski definition) is 1. The summed E-state index contributed by atoms with van der Waals surface area (Å²) >= 11 is 0. The zero-order valence-corrected chi connectivity index (χ0v) is 10.7. The van der Waals surface area contributed by atoms with Crippen LogP contribution < -0.4 is 4.90 Å². The minimum Gasteiger partial charge on any atom is -0.476 e. The molecule has 0 spiro atoms. The van der Waals surface area contributed by atoms with Gasteiger partial charge in [0.2, 0.25) is 0 Å². The van der Waals surface area contributed by atoms with E-state index in [2.05, 4.69) is 21.8 Å². The monoisotopic (exact) mass is 249 g/mol. The van der Waals surface area contributed by atoms with Crippen LogP contribution in [0.25, 0.3) is 0 Å². The smallest absolute Gasteiger partial charge is 0.356 e. The predicted octanol–water partition coefficient (Wildman–Crippen LogP) is 2.33. The first-order valence-corrected chi connectivity index (χ1v) is 6.54. The Morgan fingerprint density at radius 1 is 1.50 bits per heavy atom. The molecule has 98 valence electrons. The predicted molar refractivity (Wildman–Crippen MR) is 68.9 cm³/mol. The molecule has 1 aliphatic rings. The molecule has 0 saturated carbocycles. The highest BCUT2D eigenvalue weighted by atomic mass is 16.4. The van der Waals surface area contributed by atoms with Gasteiger partial charge in [0.1, 0.15) is 5.82 Å². The van der Waals surface area contributed by atoms with Crippen molar-refractivity contribution in [3.05, 3.63) is 18.1 Å². The van der Waals surface area contributed by atoms with Crippen LogP contribution in [-0.4, -0.2) is 33.6 Å². The van der Waals surface area contributed by atoms with E-state index in [0.29, 0.717) is 11.9 Å². The third-order valence-electron chi connectivity index (χ3n) is 3.38. The van der Waals surface area contributed by atoms with Crippen molar-refractivity contribution in [2.24, 2.45) is 0 Å². The molecule has 0 bridgehead atoms. The molecule has 1 N–H and O–H groups in total. The zero-order chi connectivity index (χ0) is 13.0. The molecule has 2 heterocycles. The maximum Gasteiger partial charge on any atom is 0.356 e. The zero-order valence-electron chi connectivity index (χ0n) is 10.7. The number of carboxylic acids is 1. The summed E-state index contributed by atoms with van der Waals surface area (Å²) in [6, 6.07) is 0.474. The molecule has 5 nitrogen and oxygen atoms in total. The number of carboxylic acid groups (broad SMARTS) is 1. The third-order valence-corrected chi connectivity index (χ3v) is 3.38. The normalized spacial score (nSPS) is 19.8. The van der Waals surface area contributed by atoms with Crippen molar-refractivity contribution in [3.63, 3.8) is 0 Å². The number of carbonyl (C=O) groups is 1. The van der Waals surface area contributed by atoms with Crippen LogP contribution in [0.5, 0.6) is 0 Å². The molecule has 1 saturated heterocycles. The number of rotatable bonds is 4. The molecule has 0 amide bonds. The van der Waals surface area contributed by atoms with Gasteiger partial charge in [-0.3, -0.25) is 4.98 Å². The fourth-order valence-electron chi connectivity index (χ4n) is 2.53. The van der Waals surface area contributed by atoms with Gasteiger partial charge in [-0.05, 0) is 25.7 Å². The summed E-state index contributed by atoms with van der Waals surface area (Å²) in [5.74, 6) is -0.318. The van der Waals surface area contributed by atoms with Crippen molar-refractivity contribution >= 4 is 11.8 Å². The highest BCUT2D eigenvalue weighted by Crippen LogP contribution is 2.25. The van der Waals surface area contributed by atoms with Gasteiger partial charge in [0.05, 0.1) is 12.4 Å². The van der Waals surface area contributed by atoms with Gasteiger partial charge < -0.3 is 10.0 Å². The van der Waals surface area contributed by atoms with E-state index in [1.165, 1.54) is 12.6 Å². The first kappa shape index (κ1) is 12.8. The van der Waals surface area contributed by atoms with Gasteiger partial charge in [0.25, 0.3) is 0 Å². The molecule has 5 heteroatoms. The lowest BCUT2D eigenvalue weighted by molar-refractivity contribution is 0.0690. The number of hydrogen-bond acceptors (Lipinski definition) is 4. The molecule has 1 aromatic heterocycles. The van der Waals surface area contributed by atoms with Crippen LogP contribution in [0.4, 0.5) is 5.82 Å². The Morgan fingerprint density at radius 2 is 2.33 bits per heavy atom. The van der Waals surface area contributed by atoms with Gasteiger partial charge in [-0.15, -0.1) is 0 Å². The largest absolute Gasteiger partial charge is 0.476 e. The maximum absolute atomic E-state index is 10.9. The van der Waals surface area contributed by atoms with Gasteiger partial charge in [0.15, 0.2) is 5.69 Å². The van der Waals surface area contributed by atoms with Crippen molar-refractivity contribution in [1.29, 1.82) is 0 Å². The van der Waals surface area contributed by atoms with Gasteiger partial charge in [-0.2, -0.15) is 0 Å². The highest BCUT2D eigenvalue weighted by molar-refractivity contribution is 5.85. The third kappa shape index (κ3) is 2.78. The molecular formula is C13H19N3O2. The van der Waals surface area contributed by atoms with Crippen LogP contribution in [0.15, 0.2) is 12.4 Å². The molecular weight excluding hydrogens is 230 g/mol. The summed E-state index contributed by atoms with van der Waals surface area (Å²) < 4.78 is 0. The van der Waals surface area contributed by atoms with Crippen molar-refractivity contribution in [2.75, 3.05) is 11.4 Å². The first-order chi connectivity index (χ1) is 8.72. The molecule has 18 heavy (non-hydrogen) atoms. The van der Waals surface area contributed by atoms with Gasteiger partial charge >= 0.3 is 5.97 Å². The SMILES string of the molecule is CCCC1CCCCN1c1cncc(C(=O)O)n1. The number of nitrogens with zero attached hydrogens (tertiary/aromatic N) is 3. The lowest BCUT2D eigenvalue weighted by Crippen LogP contribution is -2.40. The van der Waals surface area contributed by atoms with E-state index < -0.39 is 5.97 Å². The number of anilines is 1. The molecule has 0 radical (unpaired) electrons. The molecule has 0 aromatic carbocycles. The van der Waals surface area contributed by atoms with E-state index in [9.17, 15) is 4.79 Å². The standard InChI is InChI=1S/C13H19N3O2/c1-2-5-10-6-3-4-7-16(10)12-9-14-8-11(15-12)13(17)18/h8-10H,2-7H2,1H3,(H,17,18). The van der Waals surface area contributed by atoms with Crippen molar-refractivity contribution in [1.82, 2.24) is 9.97 Å². The number of piperidine rings is 1. The molecule has 2 rings (SSSR count). The fourth-order valence-corrected chi connectivity index (χ4v) is 2.53. The van der Waals surface area contributed by atoms with Crippen LogP contribution in [0.3, 0.4) is 0 Å². The van der Waals surface area contributed by atoms with E-state index in [1.54, 1.807) is 6.20 Å². The molecule has 1 unspecified atom stereocenters. The lowest BCUT2D eigenvalue weighted by atomic mass is 9.98. The van der Waals surface area contributed by atoms with E-state index in [1.807, 2.05) is 0 Å². The second kappa shape index (κ2) is 5.80. The second-order valence-electron chi connectivity index (χ2n) is 4.70. The van der Waals surface area contributed by atoms with Crippen LogP contribution in [0.2, 0.25) is 0 Å². The Morgan fingerprint density at radius 3 is 3.06 bits per heavy atom. The molecule has 1 aliphatic heterocycles. The summed E-state index contributed by atoms with van der Waals surface area (Å²) in [5.41, 5.74) is 0.0216. The summed E-state index contributed by atoms with van der Waals surface area (Å²) in [5, 5.41) is 8.96. The van der Waals surface area contributed by atoms with Crippen LogP contribution in [0, 0.1) is 0 Å². The van der Waals surface area contributed by atoms with Crippen LogP contribution in [-0.2, 0) is 0 Å². The van der Waals surface area contributed by atoms with Crippen LogP contribution >= 0.6 is 0 Å². The summed E-state index contributed by atoms with van der Waals surface area (Å²) in [7, 11) is 0. The maximum atomic E-state index is 10.9. The van der Waals surface area contributed by atoms with Crippen LogP contribution in [0.1, 0.15) is 49.5 Å². The topological polar surface area (TPSA) is 66.3 Å². The first-order valence-electron chi connectivity index (χ1n) is 6.54. The van der Waals surface area contributed by atoms with E-state index in [-0.39, 0.29) is 5.69 Å². The van der Waals surface area contributed by atoms with Gasteiger partial charge in [-0.25, -0.2) is 9.78 Å². The Labute approximate surface area is 107 Å². The minimum absolute atomic E-state index is 0.0216. The summed E-state index contributed by atoms with van der Waals surface area (Å²) in [6.45, 7) is 3.12. The summed E-state index contributed by atoms with van der Waals surface area (Å²) in [6.07, 6.45) is 8.76. The number of aromatic carboxylic acids is 1. The Hall–Kier alpha value is -1.65. The molecule has 1 fully saturated rings. The lowest BCUT2D eigenvalue weighted by Gasteiger charge is -2.36. The van der Waals surface area contributed by atoms with Crippen molar-refractivity contribution in [3.8, 4) is 0 Å². The minimum atomic E-state index is -1.02. The number of aromatic nitrogens is 2. The van der Waals surface area contributed by atoms with Gasteiger partial charge in [0, 0.05) is 12.6 Å². The average molecular weight is 249 g/mol. The second-order valence-corrected chi connectivity index (χ2v) is 4.70. The van der Waals surface area contributed by atoms with E-state index >= 15 is 0 Å². The Kier molecular flexibility index (Phi) is 4.12.